The molecule has 0 heterocycles. The number of benzene rings is 1. The minimum Gasteiger partial charge on any atom is -0.493 e. The zero-order chi connectivity index (χ0) is 12.1. The Morgan fingerprint density at radius 1 is 1.44 bits per heavy atom. The fourth-order valence-electron chi connectivity index (χ4n) is 1.50. The molecule has 0 aliphatic heterocycles. The Bertz CT molecular complexity index is 390. The molecule has 86 valence electrons. The second-order valence-corrected chi connectivity index (χ2v) is 3.59. The molecule has 1 rings (SSSR count). The molecule has 0 spiro atoms. The van der Waals surface area contributed by atoms with E-state index in [1.807, 2.05) is 13.8 Å². The number of nitro benzene ring substituents is 1. The van der Waals surface area contributed by atoms with Gasteiger partial charge in [0.15, 0.2) is 0 Å². The van der Waals surface area contributed by atoms with Gasteiger partial charge in [-0.2, -0.15) is 0 Å². The van der Waals surface area contributed by atoms with Gasteiger partial charge in [0.05, 0.1) is 11.5 Å². The molecule has 0 amide bonds. The van der Waals surface area contributed by atoms with E-state index in [9.17, 15) is 10.1 Å². The number of nitrogens with zero attached hydrogens (tertiary/aromatic N) is 1. The van der Waals surface area contributed by atoms with Crippen LogP contribution in [0.15, 0.2) is 24.8 Å². The van der Waals surface area contributed by atoms with Gasteiger partial charge in [-0.25, -0.2) is 0 Å². The first-order chi connectivity index (χ1) is 7.56. The molecule has 0 saturated carbocycles. The Balaban J connectivity index is 2.93. The van der Waals surface area contributed by atoms with Gasteiger partial charge in [-0.05, 0) is 31.4 Å². The highest BCUT2D eigenvalue weighted by Crippen LogP contribution is 2.28. The maximum Gasteiger partial charge on any atom is 0.270 e. The summed E-state index contributed by atoms with van der Waals surface area (Å²) in [4.78, 5) is 10.2. The third-order valence-electron chi connectivity index (χ3n) is 2.22. The Morgan fingerprint density at radius 2 is 2.00 bits per heavy atom. The molecule has 0 bridgehead atoms. The molecule has 0 atom stereocenters. The third kappa shape index (κ3) is 2.82. The molecular formula is C12H15NO3. The molecule has 4 nitrogen and oxygen atoms in total. The van der Waals surface area contributed by atoms with E-state index in [0.717, 1.165) is 23.3 Å². The summed E-state index contributed by atoms with van der Waals surface area (Å²) in [7, 11) is 0. The number of hydrogen-bond donors (Lipinski definition) is 0. The normalized spacial score (nSPS) is 9.88. The molecule has 4 heteroatoms. The lowest BCUT2D eigenvalue weighted by Gasteiger charge is -2.10. The van der Waals surface area contributed by atoms with Gasteiger partial charge in [0.25, 0.3) is 5.69 Å². The quantitative estimate of drug-likeness (QED) is 0.332. The number of ether oxygens (including phenoxy) is 1. The van der Waals surface area contributed by atoms with Gasteiger partial charge in [-0.1, -0.05) is 6.08 Å². The molecule has 1 aromatic carbocycles. The lowest BCUT2D eigenvalue weighted by Crippen LogP contribution is -2.00. The summed E-state index contributed by atoms with van der Waals surface area (Å²) >= 11 is 0. The van der Waals surface area contributed by atoms with Crippen LogP contribution in [0.5, 0.6) is 5.75 Å². The lowest BCUT2D eigenvalue weighted by atomic mass is 10.1. The maximum atomic E-state index is 10.6. The van der Waals surface area contributed by atoms with Crippen molar-refractivity contribution in [2.75, 3.05) is 6.61 Å². The Hall–Kier alpha value is -1.84. The zero-order valence-corrected chi connectivity index (χ0v) is 9.53. The molecule has 0 aliphatic carbocycles. The minimum atomic E-state index is -0.395. The topological polar surface area (TPSA) is 52.4 Å². The molecule has 0 aliphatic rings. The van der Waals surface area contributed by atoms with Gasteiger partial charge < -0.3 is 4.74 Å². The summed E-state index contributed by atoms with van der Waals surface area (Å²) in [6.45, 7) is 7.77. The van der Waals surface area contributed by atoms with Crippen molar-refractivity contribution >= 4 is 5.69 Å². The molecule has 16 heavy (non-hydrogen) atoms. The van der Waals surface area contributed by atoms with Gasteiger partial charge in [0, 0.05) is 12.1 Å². The average molecular weight is 221 g/mol. The van der Waals surface area contributed by atoms with Crippen molar-refractivity contribution in [3.63, 3.8) is 0 Å². The Morgan fingerprint density at radius 3 is 2.44 bits per heavy atom. The summed E-state index contributed by atoms with van der Waals surface area (Å²) in [5, 5.41) is 10.6. The summed E-state index contributed by atoms with van der Waals surface area (Å²) in [5.41, 5.74) is 1.68. The third-order valence-corrected chi connectivity index (χ3v) is 2.22. The average Bonchev–Trinajstić information content (AvgIpc) is 2.21. The smallest absolute Gasteiger partial charge is 0.270 e. The molecule has 0 fully saturated rings. The summed E-state index contributed by atoms with van der Waals surface area (Å²) in [6, 6.07) is 3.05. The van der Waals surface area contributed by atoms with Crippen LogP contribution in [0.3, 0.4) is 0 Å². The van der Waals surface area contributed by atoms with Crippen LogP contribution < -0.4 is 4.74 Å². The predicted octanol–water partition coefficient (Wildman–Crippen LogP) is 3.17. The first-order valence-electron chi connectivity index (χ1n) is 5.05. The van der Waals surface area contributed by atoms with Gasteiger partial charge in [-0.3, -0.25) is 10.1 Å². The van der Waals surface area contributed by atoms with E-state index in [1.54, 1.807) is 6.08 Å². The second kappa shape index (κ2) is 5.30. The Labute approximate surface area is 94.7 Å². The minimum absolute atomic E-state index is 0.103. The standard InChI is InChI=1S/C12H15NO3/c1-4-5-6-16-12-9(2)7-11(13(14)15)8-10(12)3/h4,7-8H,1,5-6H2,2-3H3. The lowest BCUT2D eigenvalue weighted by molar-refractivity contribution is -0.385. The van der Waals surface area contributed by atoms with Crippen LogP contribution in [0.2, 0.25) is 0 Å². The van der Waals surface area contributed by atoms with Crippen molar-refractivity contribution in [3.8, 4) is 5.75 Å². The van der Waals surface area contributed by atoms with Crippen molar-refractivity contribution in [2.24, 2.45) is 0 Å². The molecule has 0 N–H and O–H groups in total. The van der Waals surface area contributed by atoms with Crippen molar-refractivity contribution in [2.45, 2.75) is 20.3 Å². The van der Waals surface area contributed by atoms with Crippen molar-refractivity contribution < 1.29 is 9.66 Å². The second-order valence-electron chi connectivity index (χ2n) is 3.59. The van der Waals surface area contributed by atoms with E-state index in [0.29, 0.717) is 6.61 Å². The van der Waals surface area contributed by atoms with Gasteiger partial charge in [0.2, 0.25) is 0 Å². The summed E-state index contributed by atoms with van der Waals surface area (Å²) in [6.07, 6.45) is 2.53. The fourth-order valence-corrected chi connectivity index (χ4v) is 1.50. The van der Waals surface area contributed by atoms with Crippen LogP contribution in [0.25, 0.3) is 0 Å². The first kappa shape index (κ1) is 12.2. The maximum absolute atomic E-state index is 10.6. The van der Waals surface area contributed by atoms with E-state index < -0.39 is 4.92 Å². The zero-order valence-electron chi connectivity index (χ0n) is 9.53. The number of hydrogen-bond acceptors (Lipinski definition) is 3. The van der Waals surface area contributed by atoms with Crippen LogP contribution in [-0.4, -0.2) is 11.5 Å². The molecular weight excluding hydrogens is 206 g/mol. The van der Waals surface area contributed by atoms with Gasteiger partial charge in [0.1, 0.15) is 5.75 Å². The number of non-ortho nitro benzene ring substituents is 1. The monoisotopic (exact) mass is 221 g/mol. The van der Waals surface area contributed by atoms with Crippen LogP contribution in [0, 0.1) is 24.0 Å². The predicted molar refractivity (Wildman–Crippen MR) is 62.9 cm³/mol. The van der Waals surface area contributed by atoms with Crippen LogP contribution in [0.1, 0.15) is 17.5 Å². The molecule has 0 unspecified atom stereocenters. The van der Waals surface area contributed by atoms with E-state index >= 15 is 0 Å². The van der Waals surface area contributed by atoms with E-state index in [2.05, 4.69) is 6.58 Å². The highest BCUT2D eigenvalue weighted by atomic mass is 16.6. The van der Waals surface area contributed by atoms with Crippen molar-refractivity contribution in [3.05, 3.63) is 46.0 Å². The molecule has 1 aromatic rings. The van der Waals surface area contributed by atoms with E-state index in [4.69, 9.17) is 4.74 Å². The Kier molecular flexibility index (Phi) is 4.05. The fraction of sp³-hybridized carbons (Fsp3) is 0.333. The van der Waals surface area contributed by atoms with Crippen LogP contribution >= 0.6 is 0 Å². The highest BCUT2D eigenvalue weighted by molar-refractivity contribution is 5.48. The van der Waals surface area contributed by atoms with Crippen LogP contribution in [-0.2, 0) is 0 Å². The summed E-state index contributed by atoms with van der Waals surface area (Å²) in [5.74, 6) is 0.729. The molecule has 0 saturated heterocycles. The van der Waals surface area contributed by atoms with Crippen LogP contribution in [0.4, 0.5) is 5.69 Å². The largest absolute Gasteiger partial charge is 0.493 e. The molecule has 0 radical (unpaired) electrons. The number of aryl methyl sites for hydroxylation is 2. The van der Waals surface area contributed by atoms with Gasteiger partial charge in [-0.15, -0.1) is 6.58 Å². The number of rotatable bonds is 5. The highest BCUT2D eigenvalue weighted by Gasteiger charge is 2.12. The van der Waals surface area contributed by atoms with Crippen molar-refractivity contribution in [1.82, 2.24) is 0 Å². The van der Waals surface area contributed by atoms with E-state index in [-0.39, 0.29) is 5.69 Å². The van der Waals surface area contributed by atoms with Gasteiger partial charge >= 0.3 is 0 Å². The number of nitro groups is 1. The SMILES string of the molecule is C=CCCOc1c(C)cc([N+](=O)[O-])cc1C. The molecule has 0 aromatic heterocycles. The van der Waals surface area contributed by atoms with E-state index in [1.165, 1.54) is 12.1 Å². The first-order valence-corrected chi connectivity index (χ1v) is 5.05. The summed E-state index contributed by atoms with van der Waals surface area (Å²) < 4.78 is 5.55. The van der Waals surface area contributed by atoms with Crippen molar-refractivity contribution in [1.29, 1.82) is 0 Å².